The molecule has 0 heterocycles. The van der Waals surface area contributed by atoms with Crippen LogP contribution in [0.1, 0.15) is 43.0 Å². The number of allylic oxidation sites excluding steroid dienone is 1. The van der Waals surface area contributed by atoms with Gasteiger partial charge in [0.15, 0.2) is 5.78 Å². The lowest BCUT2D eigenvalue weighted by molar-refractivity contribution is -0.118. The van der Waals surface area contributed by atoms with E-state index in [9.17, 15) is 9.90 Å². The second-order valence-electron chi connectivity index (χ2n) is 5.27. The number of aliphatic hydroxyl groups is 1. The van der Waals surface area contributed by atoms with Crippen LogP contribution in [0.25, 0.3) is 5.76 Å². The summed E-state index contributed by atoms with van der Waals surface area (Å²) in [4.78, 5) is 11.9. The summed E-state index contributed by atoms with van der Waals surface area (Å²) < 4.78 is 0. The summed E-state index contributed by atoms with van der Waals surface area (Å²) in [6.45, 7) is 11.3. The number of hydrogen-bond acceptors (Lipinski definition) is 2. The Kier molecular flexibility index (Phi) is 4.33. The van der Waals surface area contributed by atoms with E-state index in [2.05, 4.69) is 0 Å². The number of carbonyl (C=O) groups excluding carboxylic acids is 1. The van der Waals surface area contributed by atoms with Gasteiger partial charge in [-0.05, 0) is 38.8 Å². The van der Waals surface area contributed by atoms with Gasteiger partial charge >= 0.3 is 0 Å². The van der Waals surface area contributed by atoms with Crippen molar-refractivity contribution in [3.05, 3.63) is 40.0 Å². The predicted molar refractivity (Wildman–Crippen MR) is 75.7 cm³/mol. The van der Waals surface area contributed by atoms with E-state index in [1.165, 1.54) is 0 Å². The Hall–Kier alpha value is -1.57. The summed E-state index contributed by atoms with van der Waals surface area (Å²) in [7, 11) is 0. The molecule has 1 rings (SSSR count). The second kappa shape index (κ2) is 5.38. The molecule has 0 aromatic heterocycles. The Labute approximate surface area is 109 Å². The summed E-state index contributed by atoms with van der Waals surface area (Å²) in [5.41, 5.74) is 4.39. The maximum Gasteiger partial charge on any atom is 0.164 e. The van der Waals surface area contributed by atoms with Gasteiger partial charge in [-0.25, -0.2) is 0 Å². The van der Waals surface area contributed by atoms with Crippen molar-refractivity contribution < 1.29 is 9.90 Å². The quantitative estimate of drug-likeness (QED) is 0.643. The summed E-state index contributed by atoms with van der Waals surface area (Å²) in [5, 5.41) is 10.3. The van der Waals surface area contributed by atoms with Crippen LogP contribution < -0.4 is 0 Å². The maximum absolute atomic E-state index is 11.9. The van der Waals surface area contributed by atoms with Crippen molar-refractivity contribution in [3.63, 3.8) is 0 Å². The minimum atomic E-state index is -0.0989. The number of hydrogen-bond donors (Lipinski definition) is 1. The van der Waals surface area contributed by atoms with E-state index in [0.717, 1.165) is 22.3 Å². The van der Waals surface area contributed by atoms with E-state index in [4.69, 9.17) is 0 Å². The van der Waals surface area contributed by atoms with Crippen LogP contribution in [0.2, 0.25) is 0 Å². The number of carbonyl (C=O) groups is 1. The van der Waals surface area contributed by atoms with E-state index >= 15 is 0 Å². The Morgan fingerprint density at radius 1 is 1.11 bits per heavy atom. The highest BCUT2D eigenvalue weighted by atomic mass is 16.3. The number of benzene rings is 1. The minimum Gasteiger partial charge on any atom is -0.507 e. The van der Waals surface area contributed by atoms with Gasteiger partial charge in [0.05, 0.1) is 0 Å². The van der Waals surface area contributed by atoms with Crippen molar-refractivity contribution in [3.8, 4) is 0 Å². The molecule has 2 nitrogen and oxygen atoms in total. The molecule has 0 saturated heterocycles. The van der Waals surface area contributed by atoms with E-state index in [0.29, 0.717) is 5.57 Å². The highest BCUT2D eigenvalue weighted by Gasteiger charge is 2.17. The van der Waals surface area contributed by atoms with Crippen LogP contribution in [-0.2, 0) is 4.79 Å². The summed E-state index contributed by atoms with van der Waals surface area (Å²) in [6, 6.07) is 4.04. The van der Waals surface area contributed by atoms with Crippen molar-refractivity contribution in [2.45, 2.75) is 41.5 Å². The SMILES string of the molecule is C/C(C(=O)C(C)C)=C(/O)c1c(C)cc(C)cc1C. The zero-order chi connectivity index (χ0) is 14.0. The Morgan fingerprint density at radius 2 is 1.56 bits per heavy atom. The van der Waals surface area contributed by atoms with Crippen molar-refractivity contribution in [1.29, 1.82) is 0 Å². The van der Waals surface area contributed by atoms with Gasteiger partial charge in [0.2, 0.25) is 0 Å². The Morgan fingerprint density at radius 3 is 1.94 bits per heavy atom. The monoisotopic (exact) mass is 246 g/mol. The van der Waals surface area contributed by atoms with Gasteiger partial charge in [-0.1, -0.05) is 31.5 Å². The smallest absolute Gasteiger partial charge is 0.164 e. The number of aryl methyl sites for hydroxylation is 3. The molecular weight excluding hydrogens is 224 g/mol. The van der Waals surface area contributed by atoms with Gasteiger partial charge in [-0.15, -0.1) is 0 Å². The molecule has 0 unspecified atom stereocenters. The third-order valence-electron chi connectivity index (χ3n) is 3.16. The topological polar surface area (TPSA) is 37.3 Å². The number of aliphatic hydroxyl groups excluding tert-OH is 1. The molecule has 2 heteroatoms. The molecule has 1 N–H and O–H groups in total. The molecule has 0 bridgehead atoms. The zero-order valence-electron chi connectivity index (χ0n) is 12.1. The van der Waals surface area contributed by atoms with Crippen LogP contribution in [0.5, 0.6) is 0 Å². The van der Waals surface area contributed by atoms with Gasteiger partial charge in [0, 0.05) is 17.1 Å². The summed E-state index contributed by atoms with van der Waals surface area (Å²) >= 11 is 0. The molecule has 0 aliphatic heterocycles. The molecule has 0 saturated carbocycles. The van der Waals surface area contributed by atoms with Crippen LogP contribution in [0.15, 0.2) is 17.7 Å². The average Bonchev–Trinajstić information content (AvgIpc) is 2.25. The number of ketones is 1. The van der Waals surface area contributed by atoms with Crippen LogP contribution in [0.4, 0.5) is 0 Å². The third-order valence-corrected chi connectivity index (χ3v) is 3.16. The number of Topliss-reactive ketones (excluding diaryl/α,β-unsaturated/α-hetero) is 1. The highest BCUT2D eigenvalue weighted by molar-refractivity contribution is 6.02. The molecule has 1 aromatic rings. The maximum atomic E-state index is 11.9. The molecule has 1 aromatic carbocycles. The van der Waals surface area contributed by atoms with Gasteiger partial charge in [-0.3, -0.25) is 4.79 Å². The first-order valence-corrected chi connectivity index (χ1v) is 6.28. The molecule has 0 spiro atoms. The van der Waals surface area contributed by atoms with Crippen LogP contribution in [0, 0.1) is 26.7 Å². The molecule has 0 aliphatic carbocycles. The fraction of sp³-hybridized carbons (Fsp3) is 0.438. The Balaban J connectivity index is 3.39. The highest BCUT2D eigenvalue weighted by Crippen LogP contribution is 2.26. The molecule has 0 amide bonds. The van der Waals surface area contributed by atoms with Gasteiger partial charge < -0.3 is 5.11 Å². The standard InChI is InChI=1S/C16H22O2/c1-9(2)15(17)13(6)16(18)14-11(4)7-10(3)8-12(14)5/h7-9,18H,1-6H3/b16-13-. The fourth-order valence-electron chi connectivity index (χ4n) is 2.29. The van der Waals surface area contributed by atoms with E-state index in [-0.39, 0.29) is 17.5 Å². The third kappa shape index (κ3) is 2.81. The van der Waals surface area contributed by atoms with Crippen LogP contribution in [-0.4, -0.2) is 10.9 Å². The van der Waals surface area contributed by atoms with Gasteiger partial charge in [0.25, 0.3) is 0 Å². The van der Waals surface area contributed by atoms with Gasteiger partial charge in [0.1, 0.15) is 5.76 Å². The zero-order valence-corrected chi connectivity index (χ0v) is 12.1. The minimum absolute atomic E-state index is 0.00752. The van der Waals surface area contributed by atoms with Crippen molar-refractivity contribution in [2.24, 2.45) is 5.92 Å². The van der Waals surface area contributed by atoms with Crippen LogP contribution >= 0.6 is 0 Å². The van der Waals surface area contributed by atoms with Crippen molar-refractivity contribution >= 4 is 11.5 Å². The molecule has 0 radical (unpaired) electrons. The van der Waals surface area contributed by atoms with Crippen LogP contribution in [0.3, 0.4) is 0 Å². The van der Waals surface area contributed by atoms with E-state index < -0.39 is 0 Å². The van der Waals surface area contributed by atoms with Crippen molar-refractivity contribution in [1.82, 2.24) is 0 Å². The van der Waals surface area contributed by atoms with Crippen molar-refractivity contribution in [2.75, 3.05) is 0 Å². The molecule has 0 fully saturated rings. The first kappa shape index (κ1) is 14.5. The molecule has 18 heavy (non-hydrogen) atoms. The fourth-order valence-corrected chi connectivity index (χ4v) is 2.29. The van der Waals surface area contributed by atoms with Gasteiger partial charge in [-0.2, -0.15) is 0 Å². The lowest BCUT2D eigenvalue weighted by Crippen LogP contribution is -2.11. The summed E-state index contributed by atoms with van der Waals surface area (Å²) in [5.74, 6) is 0.00813. The lowest BCUT2D eigenvalue weighted by Gasteiger charge is -2.14. The summed E-state index contributed by atoms with van der Waals surface area (Å²) in [6.07, 6.45) is 0. The number of rotatable bonds is 3. The first-order valence-electron chi connectivity index (χ1n) is 6.28. The Bertz CT molecular complexity index is 485. The normalized spacial score (nSPS) is 12.6. The molecular formula is C16H22O2. The largest absolute Gasteiger partial charge is 0.507 e. The lowest BCUT2D eigenvalue weighted by atomic mass is 9.93. The predicted octanol–water partition coefficient (Wildman–Crippen LogP) is 4.13. The van der Waals surface area contributed by atoms with E-state index in [1.807, 2.05) is 46.8 Å². The first-order chi connectivity index (χ1) is 8.25. The average molecular weight is 246 g/mol. The molecule has 0 atom stereocenters. The van der Waals surface area contributed by atoms with E-state index in [1.54, 1.807) is 6.92 Å². The second-order valence-corrected chi connectivity index (χ2v) is 5.27. The molecule has 0 aliphatic rings. The molecule has 98 valence electrons.